The lowest BCUT2D eigenvalue weighted by Gasteiger charge is -2.07. The van der Waals surface area contributed by atoms with E-state index in [4.69, 9.17) is 17.3 Å². The van der Waals surface area contributed by atoms with Gasteiger partial charge in [-0.2, -0.15) is 4.37 Å². The second kappa shape index (κ2) is 6.64. The molecule has 114 valence electrons. The normalized spacial score (nSPS) is 11.5. The molecule has 0 saturated carbocycles. The van der Waals surface area contributed by atoms with E-state index in [0.717, 1.165) is 23.5 Å². The van der Waals surface area contributed by atoms with Crippen molar-refractivity contribution >= 4 is 43.8 Å². The number of nitrogens with one attached hydrogen (secondary N) is 1. The lowest BCUT2D eigenvalue weighted by atomic mass is 10.1. The third-order valence-corrected chi connectivity index (χ3v) is 5.97. The average molecular weight is 346 g/mol. The average Bonchev–Trinajstić information content (AvgIpc) is 2.83. The highest BCUT2D eigenvalue weighted by Crippen LogP contribution is 2.32. The summed E-state index contributed by atoms with van der Waals surface area (Å²) in [4.78, 5) is 0.117. The molecule has 0 aliphatic heterocycles. The van der Waals surface area contributed by atoms with Gasteiger partial charge in [0.05, 0.1) is 5.75 Å². The fourth-order valence-corrected chi connectivity index (χ4v) is 4.14. The van der Waals surface area contributed by atoms with Crippen molar-refractivity contribution in [3.8, 4) is 0 Å². The Bertz CT molecular complexity index is 712. The summed E-state index contributed by atoms with van der Waals surface area (Å²) >= 11 is 6.90. The fraction of sp³-hybridized carbons (Fsp3) is 0.308. The zero-order chi connectivity index (χ0) is 15.5. The van der Waals surface area contributed by atoms with Crippen molar-refractivity contribution in [2.24, 2.45) is 0 Å². The van der Waals surface area contributed by atoms with Crippen LogP contribution in [0.2, 0.25) is 5.02 Å². The van der Waals surface area contributed by atoms with E-state index < -0.39 is 9.84 Å². The summed E-state index contributed by atoms with van der Waals surface area (Å²) in [6.07, 6.45) is 0.751. The highest BCUT2D eigenvalue weighted by Gasteiger charge is 2.23. The quantitative estimate of drug-likeness (QED) is 0.840. The topological polar surface area (TPSA) is 85.1 Å². The number of nitrogen functional groups attached to an aromatic ring is 1. The Morgan fingerprint density at radius 2 is 2.00 bits per heavy atom. The van der Waals surface area contributed by atoms with E-state index in [2.05, 4.69) is 9.69 Å². The van der Waals surface area contributed by atoms with Gasteiger partial charge in [-0.1, -0.05) is 30.7 Å². The number of sulfone groups is 1. The van der Waals surface area contributed by atoms with Crippen LogP contribution in [0.4, 0.5) is 10.8 Å². The van der Waals surface area contributed by atoms with Crippen LogP contribution in [0.5, 0.6) is 0 Å². The standard InChI is InChI=1S/C13H16ClN3O2S2/c1-2-21(18,19)11-12(15)17-20-13(11)16-8-7-9-3-5-10(14)6-4-9/h3-6,16H,2,7-8H2,1H3,(H2,15,17). The van der Waals surface area contributed by atoms with Gasteiger partial charge in [0.1, 0.15) is 9.90 Å². The zero-order valence-corrected chi connectivity index (χ0v) is 13.9. The largest absolute Gasteiger partial charge is 0.382 e. The van der Waals surface area contributed by atoms with Crippen molar-refractivity contribution < 1.29 is 8.42 Å². The molecule has 1 aromatic heterocycles. The van der Waals surface area contributed by atoms with Gasteiger partial charge in [-0.25, -0.2) is 8.42 Å². The van der Waals surface area contributed by atoms with Crippen molar-refractivity contribution in [2.45, 2.75) is 18.2 Å². The second-order valence-corrected chi connectivity index (χ2v) is 7.86. The predicted molar refractivity (Wildman–Crippen MR) is 87.9 cm³/mol. The second-order valence-electron chi connectivity index (χ2n) is 4.43. The Labute approximate surface area is 133 Å². The molecule has 3 N–H and O–H groups in total. The molecule has 2 aromatic rings. The van der Waals surface area contributed by atoms with Crippen LogP contribution < -0.4 is 11.1 Å². The van der Waals surface area contributed by atoms with Gasteiger partial charge in [-0.05, 0) is 35.6 Å². The molecule has 0 aliphatic carbocycles. The van der Waals surface area contributed by atoms with Crippen molar-refractivity contribution in [3.63, 3.8) is 0 Å². The van der Waals surface area contributed by atoms with E-state index in [0.29, 0.717) is 16.6 Å². The van der Waals surface area contributed by atoms with E-state index in [9.17, 15) is 8.42 Å². The molecule has 5 nitrogen and oxygen atoms in total. The first-order chi connectivity index (χ1) is 9.94. The number of aromatic nitrogens is 1. The number of benzene rings is 1. The molecule has 0 saturated heterocycles. The van der Waals surface area contributed by atoms with Gasteiger partial charge in [0, 0.05) is 11.6 Å². The lowest BCUT2D eigenvalue weighted by Crippen LogP contribution is -2.10. The number of hydrogen-bond donors (Lipinski definition) is 2. The van der Waals surface area contributed by atoms with Crippen molar-refractivity contribution in [3.05, 3.63) is 34.9 Å². The minimum Gasteiger partial charge on any atom is -0.382 e. The SMILES string of the molecule is CCS(=O)(=O)c1c(N)nsc1NCCc1ccc(Cl)cc1. The monoisotopic (exact) mass is 345 g/mol. The van der Waals surface area contributed by atoms with Gasteiger partial charge in [-0.15, -0.1) is 0 Å². The van der Waals surface area contributed by atoms with Gasteiger partial charge in [0.15, 0.2) is 15.7 Å². The zero-order valence-electron chi connectivity index (χ0n) is 11.5. The molecule has 0 bridgehead atoms. The first-order valence-corrected chi connectivity index (χ1v) is 9.20. The molecular weight excluding hydrogens is 330 g/mol. The number of nitrogens with zero attached hydrogens (tertiary/aromatic N) is 1. The molecule has 0 aliphatic rings. The minimum absolute atomic E-state index is 0.00147. The van der Waals surface area contributed by atoms with Crippen LogP contribution >= 0.6 is 23.1 Å². The molecule has 2 rings (SSSR count). The number of nitrogens with two attached hydrogens (primary N) is 1. The molecule has 8 heteroatoms. The molecule has 0 radical (unpaired) electrons. The summed E-state index contributed by atoms with van der Waals surface area (Å²) in [6, 6.07) is 7.53. The molecule has 1 heterocycles. The Kier molecular flexibility index (Phi) is 5.08. The molecule has 0 amide bonds. The van der Waals surface area contributed by atoms with E-state index in [1.165, 1.54) is 0 Å². The molecule has 21 heavy (non-hydrogen) atoms. The molecule has 0 spiro atoms. The first-order valence-electron chi connectivity index (χ1n) is 6.40. The predicted octanol–water partition coefficient (Wildman–Crippen LogP) is 2.83. The van der Waals surface area contributed by atoms with Crippen LogP contribution in [0.15, 0.2) is 29.2 Å². The van der Waals surface area contributed by atoms with Gasteiger partial charge in [-0.3, -0.25) is 0 Å². The Balaban J connectivity index is 2.06. The molecule has 0 unspecified atom stereocenters. The maximum absolute atomic E-state index is 12.0. The van der Waals surface area contributed by atoms with Crippen molar-refractivity contribution in [1.29, 1.82) is 0 Å². The van der Waals surface area contributed by atoms with Gasteiger partial charge in [0.2, 0.25) is 0 Å². The lowest BCUT2D eigenvalue weighted by molar-refractivity contribution is 0.598. The van der Waals surface area contributed by atoms with Crippen LogP contribution in [0, 0.1) is 0 Å². The van der Waals surface area contributed by atoms with Gasteiger partial charge >= 0.3 is 0 Å². The highest BCUT2D eigenvalue weighted by atomic mass is 35.5. The summed E-state index contributed by atoms with van der Waals surface area (Å²) in [6.45, 7) is 2.18. The Morgan fingerprint density at radius 1 is 1.33 bits per heavy atom. The number of rotatable bonds is 6. The summed E-state index contributed by atoms with van der Waals surface area (Å²) in [5, 5.41) is 4.30. The van der Waals surface area contributed by atoms with Crippen LogP contribution in [0.25, 0.3) is 0 Å². The van der Waals surface area contributed by atoms with Crippen molar-refractivity contribution in [1.82, 2.24) is 4.37 Å². The molecule has 0 fully saturated rings. The van der Waals surface area contributed by atoms with Gasteiger partial charge < -0.3 is 11.1 Å². The van der Waals surface area contributed by atoms with E-state index >= 15 is 0 Å². The summed E-state index contributed by atoms with van der Waals surface area (Å²) in [5.41, 5.74) is 6.78. The van der Waals surface area contributed by atoms with Crippen LogP contribution in [0.1, 0.15) is 12.5 Å². The van der Waals surface area contributed by atoms with E-state index in [1.54, 1.807) is 6.92 Å². The highest BCUT2D eigenvalue weighted by molar-refractivity contribution is 7.91. The third-order valence-electron chi connectivity index (χ3n) is 2.98. The van der Waals surface area contributed by atoms with Crippen molar-refractivity contribution in [2.75, 3.05) is 23.3 Å². The first kappa shape index (κ1) is 16.1. The summed E-state index contributed by atoms with van der Waals surface area (Å²) in [5.74, 6) is 0.0671. The molecule has 1 aromatic carbocycles. The summed E-state index contributed by atoms with van der Waals surface area (Å²) < 4.78 is 27.9. The van der Waals surface area contributed by atoms with Crippen LogP contribution in [-0.4, -0.2) is 25.1 Å². The molecule has 0 atom stereocenters. The Morgan fingerprint density at radius 3 is 2.62 bits per heavy atom. The summed E-state index contributed by atoms with van der Waals surface area (Å²) in [7, 11) is -3.37. The van der Waals surface area contributed by atoms with Crippen LogP contribution in [0.3, 0.4) is 0 Å². The number of anilines is 2. The van der Waals surface area contributed by atoms with Crippen LogP contribution in [-0.2, 0) is 16.3 Å². The minimum atomic E-state index is -3.37. The van der Waals surface area contributed by atoms with Gasteiger partial charge in [0.25, 0.3) is 0 Å². The maximum atomic E-state index is 12.0. The maximum Gasteiger partial charge on any atom is 0.184 e. The molecular formula is C13H16ClN3O2S2. The third kappa shape index (κ3) is 3.87. The number of halogens is 1. The fourth-order valence-electron chi connectivity index (χ4n) is 1.82. The number of hydrogen-bond acceptors (Lipinski definition) is 6. The van der Waals surface area contributed by atoms with E-state index in [1.807, 2.05) is 24.3 Å². The smallest absolute Gasteiger partial charge is 0.184 e. The van der Waals surface area contributed by atoms with E-state index in [-0.39, 0.29) is 16.5 Å². The Hall–Kier alpha value is -1.31.